The minimum Gasteiger partial charge on any atom is -0.497 e. The van der Waals surface area contributed by atoms with Crippen LogP contribution in [0.15, 0.2) is 102 Å². The van der Waals surface area contributed by atoms with E-state index in [0.717, 1.165) is 44.7 Å². The van der Waals surface area contributed by atoms with Crippen LogP contribution in [0.5, 0.6) is 5.75 Å². The number of aliphatic hydroxyl groups is 1. The Labute approximate surface area is 327 Å². The van der Waals surface area contributed by atoms with E-state index in [1.165, 1.54) is 5.19 Å². The Hall–Kier alpha value is -4.29. The van der Waals surface area contributed by atoms with Gasteiger partial charge in [0.1, 0.15) is 5.75 Å². The quantitative estimate of drug-likeness (QED) is 0.159. The number of hydrogen-bond donors (Lipinski definition) is 1. The molecular weight excluding hydrogens is 762 g/mol. The first-order chi connectivity index (χ1) is 26.0. The lowest BCUT2D eigenvalue weighted by atomic mass is 9.82. The average Bonchev–Trinajstić information content (AvgIpc) is 3.80. The number of anilines is 2. The van der Waals surface area contributed by atoms with E-state index >= 15 is 4.79 Å². The summed E-state index contributed by atoms with van der Waals surface area (Å²) in [6.45, 7) is 8.17. The number of halogens is 1. The van der Waals surface area contributed by atoms with Gasteiger partial charge in [0.25, 0.3) is 5.91 Å². The summed E-state index contributed by atoms with van der Waals surface area (Å²) in [5.41, 5.74) is 2.91. The topological polar surface area (TPSA) is 99.6 Å². The molecule has 4 aromatic rings. The van der Waals surface area contributed by atoms with E-state index in [0.29, 0.717) is 26.1 Å². The fourth-order valence-corrected chi connectivity index (χ4v) is 13.4. The van der Waals surface area contributed by atoms with Crippen LogP contribution < -0.4 is 19.7 Å². The van der Waals surface area contributed by atoms with Crippen molar-refractivity contribution < 1.29 is 29.0 Å². The third-order valence-corrected chi connectivity index (χ3v) is 16.6. The number of hydrogen-bond acceptors (Lipinski definition) is 6. The molecule has 9 nitrogen and oxygen atoms in total. The number of benzene rings is 4. The predicted octanol–water partition coefficient (Wildman–Crippen LogP) is 6.76. The molecule has 2 fully saturated rings. The molecule has 1 spiro atoms. The molecule has 282 valence electrons. The van der Waals surface area contributed by atoms with E-state index in [9.17, 15) is 14.7 Å². The molecule has 0 aromatic heterocycles. The van der Waals surface area contributed by atoms with Crippen LogP contribution in [0, 0.1) is 5.92 Å². The third-order valence-electron chi connectivity index (χ3n) is 11.8. The Morgan fingerprint density at radius 2 is 1.72 bits per heavy atom. The second-order valence-electron chi connectivity index (χ2n) is 15.3. The predicted molar refractivity (Wildman–Crippen MR) is 216 cm³/mol. The van der Waals surface area contributed by atoms with E-state index in [1.54, 1.807) is 12.0 Å². The van der Waals surface area contributed by atoms with Gasteiger partial charge in [-0.25, -0.2) is 0 Å². The summed E-state index contributed by atoms with van der Waals surface area (Å²) in [5.74, 6) is 0.351. The van der Waals surface area contributed by atoms with Gasteiger partial charge in [0.2, 0.25) is 11.8 Å². The molecule has 3 heterocycles. The van der Waals surface area contributed by atoms with Crippen molar-refractivity contribution >= 4 is 58.3 Å². The normalized spacial score (nSPS) is 22.3. The zero-order valence-corrected chi connectivity index (χ0v) is 33.9. The van der Waals surface area contributed by atoms with Gasteiger partial charge in [-0.05, 0) is 65.6 Å². The molecule has 3 aliphatic heterocycles. The number of rotatable bonds is 12. The van der Waals surface area contributed by atoms with Crippen molar-refractivity contribution in [3.63, 3.8) is 0 Å². The van der Waals surface area contributed by atoms with E-state index < -0.39 is 19.8 Å². The summed E-state index contributed by atoms with van der Waals surface area (Å²) in [6.07, 6.45) is 0.924. The van der Waals surface area contributed by atoms with Gasteiger partial charge >= 0.3 is 0 Å². The molecule has 4 atom stereocenters. The molecule has 0 radical (unpaired) electrons. The Kier molecular flexibility index (Phi) is 10.9. The first-order valence-corrected chi connectivity index (χ1v) is 22.6. The highest BCUT2D eigenvalue weighted by molar-refractivity contribution is 9.10. The molecule has 0 bridgehead atoms. The molecular formula is C43H48BrN3O6Si. The van der Waals surface area contributed by atoms with Crippen LogP contribution in [0.25, 0.3) is 0 Å². The van der Waals surface area contributed by atoms with Gasteiger partial charge in [0.05, 0.1) is 46.5 Å². The Morgan fingerprint density at radius 1 is 1.00 bits per heavy atom. The monoisotopic (exact) mass is 809 g/mol. The minimum atomic E-state index is -2.50. The fourth-order valence-electron chi connectivity index (χ4n) is 9.05. The van der Waals surface area contributed by atoms with Crippen LogP contribution in [-0.2, 0) is 37.8 Å². The maximum absolute atomic E-state index is 15.2. The number of fused-ring (bicyclic) bond motifs is 2. The Balaban J connectivity index is 1.26. The molecule has 2 saturated heterocycles. The van der Waals surface area contributed by atoms with Gasteiger partial charge in [-0.2, -0.15) is 0 Å². The van der Waals surface area contributed by atoms with Gasteiger partial charge in [-0.15, -0.1) is 0 Å². The smallest absolute Gasteiger partial charge is 0.264 e. The molecule has 7 rings (SSSR count). The molecule has 4 aromatic carbocycles. The van der Waals surface area contributed by atoms with Gasteiger partial charge in [-0.1, -0.05) is 95.7 Å². The number of carbonyl (C=O) groups excluding carboxylic acids is 3. The SMILES string of the molecule is COc1ccc([Si](C)(C)[C@@H]2[C@@H](CC(=O)N(CCO)Cc3ccccc3)O[C@]3(C(=O)N(Cc4ccc(N5CCCC5=O)cc4)c4ccc(Br)cc43)[C@H]2C)cc1. The van der Waals surface area contributed by atoms with Crippen molar-refractivity contribution in [2.24, 2.45) is 5.92 Å². The lowest BCUT2D eigenvalue weighted by Crippen LogP contribution is -2.52. The van der Waals surface area contributed by atoms with Crippen molar-refractivity contribution in [2.45, 2.75) is 69.6 Å². The molecule has 1 N–H and O–H groups in total. The molecule has 0 aliphatic carbocycles. The lowest BCUT2D eigenvalue weighted by Gasteiger charge is -2.37. The average molecular weight is 811 g/mol. The van der Waals surface area contributed by atoms with Gasteiger partial charge in [-0.3, -0.25) is 14.4 Å². The standard InChI is InChI=1S/C43H48BrN3O6Si/c1-29-41(54(3,4)35-19-17-34(52-2)18-20-35)38(26-40(50)45(23-24-48)27-30-9-6-5-7-10-30)53-43(29)36-25-32(44)14-21-37(36)47(42(43)51)28-31-12-15-33(16-13-31)46-22-8-11-39(46)49/h5-7,9-10,12-21,25,29,38,41,48H,8,11,22-24,26-28H2,1-4H3/t29-,38+,41-,43+/m0/s1. The van der Waals surface area contributed by atoms with Crippen LogP contribution >= 0.6 is 15.9 Å². The van der Waals surface area contributed by atoms with Crippen LogP contribution in [0.3, 0.4) is 0 Å². The number of methoxy groups -OCH3 is 1. The highest BCUT2D eigenvalue weighted by Gasteiger charge is 2.66. The summed E-state index contributed by atoms with van der Waals surface area (Å²) >= 11 is 3.69. The number of nitrogens with zero attached hydrogens (tertiary/aromatic N) is 3. The van der Waals surface area contributed by atoms with E-state index in [2.05, 4.69) is 48.1 Å². The first kappa shape index (κ1) is 38.0. The zero-order valence-electron chi connectivity index (χ0n) is 31.3. The van der Waals surface area contributed by atoms with Gasteiger partial charge < -0.3 is 29.3 Å². The van der Waals surface area contributed by atoms with Crippen molar-refractivity contribution in [3.8, 4) is 5.75 Å². The van der Waals surface area contributed by atoms with Crippen molar-refractivity contribution in [3.05, 3.63) is 118 Å². The summed E-state index contributed by atoms with van der Waals surface area (Å²) < 4.78 is 13.6. The van der Waals surface area contributed by atoms with E-state index in [4.69, 9.17) is 9.47 Å². The number of amides is 3. The second-order valence-corrected chi connectivity index (χ2v) is 20.9. The maximum atomic E-state index is 15.2. The number of carbonyl (C=O) groups is 3. The highest BCUT2D eigenvalue weighted by Crippen LogP contribution is 2.60. The molecule has 54 heavy (non-hydrogen) atoms. The van der Waals surface area contributed by atoms with E-state index in [1.807, 2.05) is 94.7 Å². The summed E-state index contributed by atoms with van der Waals surface area (Å²) in [5, 5.41) is 11.2. The van der Waals surface area contributed by atoms with Crippen molar-refractivity contribution in [1.29, 1.82) is 0 Å². The number of aliphatic hydroxyl groups excluding tert-OH is 1. The lowest BCUT2D eigenvalue weighted by molar-refractivity contribution is -0.150. The van der Waals surface area contributed by atoms with E-state index in [-0.39, 0.29) is 48.8 Å². The number of ether oxygens (including phenoxy) is 2. The first-order valence-electron chi connectivity index (χ1n) is 18.7. The molecule has 0 unspecified atom stereocenters. The zero-order chi connectivity index (χ0) is 38.2. The van der Waals surface area contributed by atoms with Gasteiger partial charge in [0, 0.05) is 47.7 Å². The Bertz CT molecular complexity index is 2010. The Morgan fingerprint density at radius 3 is 2.37 bits per heavy atom. The molecule has 0 saturated carbocycles. The van der Waals surface area contributed by atoms with Crippen molar-refractivity contribution in [1.82, 2.24) is 4.90 Å². The highest BCUT2D eigenvalue weighted by atomic mass is 79.9. The summed E-state index contributed by atoms with van der Waals surface area (Å²) in [7, 11) is -0.845. The summed E-state index contributed by atoms with van der Waals surface area (Å²) in [4.78, 5) is 47.3. The third kappa shape index (κ3) is 6.91. The molecule has 3 amide bonds. The van der Waals surface area contributed by atoms with Crippen LogP contribution in [0.4, 0.5) is 11.4 Å². The second kappa shape index (κ2) is 15.4. The van der Waals surface area contributed by atoms with Gasteiger partial charge in [0.15, 0.2) is 5.60 Å². The van der Waals surface area contributed by atoms with Crippen LogP contribution in [-0.4, -0.2) is 68.7 Å². The fraction of sp³-hybridized carbons (Fsp3) is 0.372. The molecule has 11 heteroatoms. The largest absolute Gasteiger partial charge is 0.497 e. The van der Waals surface area contributed by atoms with Crippen LogP contribution in [0.2, 0.25) is 18.6 Å². The minimum absolute atomic E-state index is 0.0729. The van der Waals surface area contributed by atoms with Crippen molar-refractivity contribution in [2.75, 3.05) is 36.6 Å². The van der Waals surface area contributed by atoms with Crippen LogP contribution in [0.1, 0.15) is 42.9 Å². The summed E-state index contributed by atoms with van der Waals surface area (Å²) in [6, 6.07) is 31.8. The maximum Gasteiger partial charge on any atom is 0.264 e. The molecule has 3 aliphatic rings.